The molecule has 158 valence electrons. The number of anilines is 1. The zero-order valence-electron chi connectivity index (χ0n) is 16.5. The Morgan fingerprint density at radius 2 is 1.75 bits per heavy atom. The highest BCUT2D eigenvalue weighted by Crippen LogP contribution is 2.22. The number of fused-ring (bicyclic) bond motifs is 3. The van der Waals surface area contributed by atoms with Gasteiger partial charge in [-0.25, -0.2) is 18.6 Å². The molecule has 5 rings (SSSR count). The normalized spacial score (nSPS) is 11.2. The van der Waals surface area contributed by atoms with Gasteiger partial charge in [-0.05, 0) is 36.4 Å². The van der Waals surface area contributed by atoms with Crippen molar-refractivity contribution in [3.8, 4) is 11.4 Å². The van der Waals surface area contributed by atoms with E-state index < -0.39 is 23.2 Å². The van der Waals surface area contributed by atoms with Gasteiger partial charge in [-0.15, -0.1) is 5.10 Å². The second-order valence-electron chi connectivity index (χ2n) is 7.10. The Morgan fingerprint density at radius 3 is 2.56 bits per heavy atom. The van der Waals surface area contributed by atoms with Gasteiger partial charge in [0.1, 0.15) is 18.2 Å². The topological polar surface area (TPSA) is 81.3 Å². The van der Waals surface area contributed by atoms with Crippen LogP contribution in [0.1, 0.15) is 0 Å². The zero-order valence-corrected chi connectivity index (χ0v) is 16.5. The van der Waals surface area contributed by atoms with Crippen molar-refractivity contribution in [1.29, 1.82) is 0 Å². The van der Waals surface area contributed by atoms with Gasteiger partial charge in [0.2, 0.25) is 5.91 Å². The molecule has 0 bridgehead atoms. The maximum Gasteiger partial charge on any atom is 0.351 e. The number of halogens is 2. The number of benzene rings is 3. The lowest BCUT2D eigenvalue weighted by atomic mass is 10.2. The monoisotopic (exact) mass is 431 g/mol. The third-order valence-corrected chi connectivity index (χ3v) is 4.99. The van der Waals surface area contributed by atoms with Crippen molar-refractivity contribution in [3.05, 3.63) is 94.9 Å². The lowest BCUT2D eigenvalue weighted by molar-refractivity contribution is -0.116. The number of rotatable bonds is 4. The number of carbonyl (C=O) groups is 1. The highest BCUT2D eigenvalue weighted by molar-refractivity contribution is 5.95. The van der Waals surface area contributed by atoms with Crippen molar-refractivity contribution in [2.75, 3.05) is 5.32 Å². The number of aromatic nitrogens is 4. The van der Waals surface area contributed by atoms with Gasteiger partial charge in [0, 0.05) is 10.9 Å². The Kier molecular flexibility index (Phi) is 4.70. The molecule has 0 saturated carbocycles. The predicted molar refractivity (Wildman–Crippen MR) is 115 cm³/mol. The summed E-state index contributed by atoms with van der Waals surface area (Å²) in [6.07, 6.45) is 0. The average Bonchev–Trinajstić information content (AvgIpc) is 3.24. The molecule has 0 unspecified atom stereocenters. The summed E-state index contributed by atoms with van der Waals surface area (Å²) >= 11 is 0. The fourth-order valence-electron chi connectivity index (χ4n) is 3.53. The van der Waals surface area contributed by atoms with Crippen LogP contribution in [0.5, 0.6) is 0 Å². The molecule has 0 spiro atoms. The Labute approximate surface area is 179 Å². The van der Waals surface area contributed by atoms with Crippen LogP contribution in [0.3, 0.4) is 0 Å². The molecule has 7 nitrogen and oxygen atoms in total. The van der Waals surface area contributed by atoms with Crippen LogP contribution in [0.4, 0.5) is 14.5 Å². The van der Waals surface area contributed by atoms with Gasteiger partial charge >= 0.3 is 5.69 Å². The highest BCUT2D eigenvalue weighted by Gasteiger charge is 2.18. The van der Waals surface area contributed by atoms with Crippen LogP contribution in [0.2, 0.25) is 0 Å². The van der Waals surface area contributed by atoms with Crippen molar-refractivity contribution in [2.24, 2.45) is 0 Å². The van der Waals surface area contributed by atoms with E-state index >= 15 is 0 Å². The van der Waals surface area contributed by atoms with Crippen LogP contribution in [-0.4, -0.2) is 25.1 Å². The molecule has 0 fully saturated rings. The van der Waals surface area contributed by atoms with E-state index in [4.69, 9.17) is 0 Å². The van der Waals surface area contributed by atoms with Crippen molar-refractivity contribution in [1.82, 2.24) is 19.2 Å². The Bertz CT molecular complexity index is 1560. The fraction of sp³-hybridized carbons (Fsp3) is 0.0435. The van der Waals surface area contributed by atoms with E-state index in [1.807, 2.05) is 0 Å². The number of nitrogens with zero attached hydrogens (tertiary/aromatic N) is 4. The van der Waals surface area contributed by atoms with Crippen LogP contribution in [0, 0.1) is 11.6 Å². The second-order valence-corrected chi connectivity index (χ2v) is 7.10. The summed E-state index contributed by atoms with van der Waals surface area (Å²) in [6.45, 7) is -0.362. The summed E-state index contributed by atoms with van der Waals surface area (Å²) in [5.74, 6) is -1.43. The average molecular weight is 431 g/mol. The molecule has 2 heterocycles. The lowest BCUT2D eigenvalue weighted by Crippen LogP contribution is -2.32. The first-order valence-corrected chi connectivity index (χ1v) is 9.70. The number of hydrogen-bond donors (Lipinski definition) is 1. The molecule has 0 radical (unpaired) electrons. The van der Waals surface area contributed by atoms with Crippen LogP contribution in [0.25, 0.3) is 27.9 Å². The minimum absolute atomic E-state index is 0.0186. The molecule has 1 N–H and O–H groups in total. The van der Waals surface area contributed by atoms with Crippen LogP contribution >= 0.6 is 0 Å². The third-order valence-electron chi connectivity index (χ3n) is 4.99. The second kappa shape index (κ2) is 7.69. The van der Waals surface area contributed by atoms with Gasteiger partial charge in [-0.2, -0.15) is 4.52 Å². The molecule has 9 heteroatoms. The fourth-order valence-corrected chi connectivity index (χ4v) is 3.53. The highest BCUT2D eigenvalue weighted by atomic mass is 19.1. The summed E-state index contributed by atoms with van der Waals surface area (Å²) < 4.78 is 29.9. The first-order valence-electron chi connectivity index (χ1n) is 9.70. The Hall–Kier alpha value is -4.40. The van der Waals surface area contributed by atoms with Crippen molar-refractivity contribution in [3.63, 3.8) is 0 Å². The largest absolute Gasteiger partial charge is 0.351 e. The molecule has 0 aliphatic heterocycles. The summed E-state index contributed by atoms with van der Waals surface area (Å²) in [5, 5.41) is 7.31. The van der Waals surface area contributed by atoms with Crippen molar-refractivity contribution < 1.29 is 13.6 Å². The zero-order chi connectivity index (χ0) is 22.2. The van der Waals surface area contributed by atoms with Gasteiger partial charge in [-0.3, -0.25) is 9.36 Å². The minimum atomic E-state index is -0.600. The molecule has 0 saturated heterocycles. The molecular weight excluding hydrogens is 416 g/mol. The molecule has 3 aromatic carbocycles. The molecule has 0 atom stereocenters. The van der Waals surface area contributed by atoms with E-state index in [-0.39, 0.29) is 23.7 Å². The van der Waals surface area contributed by atoms with Gasteiger partial charge < -0.3 is 5.32 Å². The van der Waals surface area contributed by atoms with E-state index in [0.717, 1.165) is 4.52 Å². The molecule has 0 aliphatic carbocycles. The predicted octanol–water partition coefficient (Wildman–Crippen LogP) is 3.63. The summed E-state index contributed by atoms with van der Waals surface area (Å²) in [6, 6.07) is 18.4. The molecular formula is C23H15F2N5O2. The van der Waals surface area contributed by atoms with Gasteiger partial charge in [0.25, 0.3) is 0 Å². The molecule has 32 heavy (non-hydrogen) atoms. The first kappa shape index (κ1) is 19.6. The lowest BCUT2D eigenvalue weighted by Gasteiger charge is -2.11. The number of nitrogens with one attached hydrogen (secondary N) is 1. The number of carbonyl (C=O) groups excluding carboxylic acids is 1. The maximum atomic E-state index is 13.9. The number of hydrogen-bond acceptors (Lipinski definition) is 4. The van der Waals surface area contributed by atoms with E-state index in [0.29, 0.717) is 16.5 Å². The Morgan fingerprint density at radius 1 is 0.969 bits per heavy atom. The molecule has 0 aliphatic rings. The molecule has 2 aromatic heterocycles. The van der Waals surface area contributed by atoms with E-state index in [9.17, 15) is 18.4 Å². The maximum absolute atomic E-state index is 13.9. The molecule has 1 amide bonds. The van der Waals surface area contributed by atoms with E-state index in [1.54, 1.807) is 36.4 Å². The molecule has 5 aromatic rings. The summed E-state index contributed by atoms with van der Waals surface area (Å²) in [5.41, 5.74) is 0.589. The van der Waals surface area contributed by atoms with Crippen molar-refractivity contribution >= 4 is 28.1 Å². The minimum Gasteiger partial charge on any atom is -0.322 e. The Balaban J connectivity index is 1.62. The number of para-hydroxylation sites is 2. The van der Waals surface area contributed by atoms with Crippen LogP contribution in [0.15, 0.2) is 77.6 Å². The van der Waals surface area contributed by atoms with Crippen molar-refractivity contribution in [2.45, 2.75) is 6.54 Å². The van der Waals surface area contributed by atoms with Gasteiger partial charge in [0.15, 0.2) is 11.5 Å². The van der Waals surface area contributed by atoms with E-state index in [2.05, 4.69) is 15.4 Å². The quantitative estimate of drug-likeness (QED) is 0.471. The number of amides is 1. The third kappa shape index (κ3) is 3.39. The van der Waals surface area contributed by atoms with Gasteiger partial charge in [0.05, 0.1) is 11.2 Å². The SMILES string of the molecule is O=C(Cn1c(=O)n2nc(-c3cccc(F)c3)nc2c2ccccc21)Nc1ccccc1F. The van der Waals surface area contributed by atoms with Crippen LogP contribution < -0.4 is 11.0 Å². The summed E-state index contributed by atoms with van der Waals surface area (Å²) in [4.78, 5) is 30.2. The smallest absolute Gasteiger partial charge is 0.322 e. The summed E-state index contributed by atoms with van der Waals surface area (Å²) in [7, 11) is 0. The van der Waals surface area contributed by atoms with Gasteiger partial charge in [-0.1, -0.05) is 36.4 Å². The van der Waals surface area contributed by atoms with E-state index in [1.165, 1.54) is 41.0 Å². The first-order chi connectivity index (χ1) is 15.5. The standard InChI is InChI=1S/C23H15F2N5O2/c24-15-7-5-6-14(12-15)21-27-22-16-8-1-4-11-19(16)29(23(32)30(22)28-21)13-20(31)26-18-10-3-2-9-17(18)25/h1-12H,13H2,(H,26,31). The van der Waals surface area contributed by atoms with Crippen LogP contribution in [-0.2, 0) is 11.3 Å².